The van der Waals surface area contributed by atoms with Gasteiger partial charge in [0.2, 0.25) is 0 Å². The number of amides is 2. The molecule has 0 aliphatic rings. The van der Waals surface area contributed by atoms with Crippen molar-refractivity contribution in [2.75, 3.05) is 19.7 Å². The summed E-state index contributed by atoms with van der Waals surface area (Å²) in [6.45, 7) is 9.02. The van der Waals surface area contributed by atoms with E-state index in [0.717, 1.165) is 11.1 Å². The fourth-order valence-electron chi connectivity index (χ4n) is 2.57. The minimum atomic E-state index is -0.255. The van der Waals surface area contributed by atoms with E-state index in [1.54, 1.807) is 29.2 Å². The number of carbonyl (C=O) groups is 2. The second kappa shape index (κ2) is 10.3. The van der Waals surface area contributed by atoms with Crippen molar-refractivity contribution in [1.82, 2.24) is 10.3 Å². The van der Waals surface area contributed by atoms with Gasteiger partial charge in [0.05, 0.1) is 5.71 Å². The highest BCUT2D eigenvalue weighted by Crippen LogP contribution is 2.13. The smallest absolute Gasteiger partial charge is 0.271 e. The third kappa shape index (κ3) is 5.94. The molecule has 2 aromatic carbocycles. The van der Waals surface area contributed by atoms with Gasteiger partial charge in [-0.25, -0.2) is 5.43 Å². The van der Waals surface area contributed by atoms with Gasteiger partial charge >= 0.3 is 0 Å². The zero-order chi connectivity index (χ0) is 20.5. The minimum absolute atomic E-state index is 0.0146. The summed E-state index contributed by atoms with van der Waals surface area (Å²) in [7, 11) is 0. The van der Waals surface area contributed by atoms with Gasteiger partial charge in [-0.1, -0.05) is 17.7 Å². The molecule has 0 heterocycles. The van der Waals surface area contributed by atoms with Crippen molar-refractivity contribution in [3.8, 4) is 5.75 Å². The van der Waals surface area contributed by atoms with E-state index in [1.807, 2.05) is 52.0 Å². The summed E-state index contributed by atoms with van der Waals surface area (Å²) in [6.07, 6.45) is 0. The van der Waals surface area contributed by atoms with Gasteiger partial charge in [-0.2, -0.15) is 5.10 Å². The molecule has 0 unspecified atom stereocenters. The van der Waals surface area contributed by atoms with E-state index in [4.69, 9.17) is 4.74 Å². The number of ether oxygens (including phenoxy) is 1. The van der Waals surface area contributed by atoms with Crippen molar-refractivity contribution < 1.29 is 14.3 Å². The molecule has 0 atom stereocenters. The van der Waals surface area contributed by atoms with Crippen LogP contribution in [0.2, 0.25) is 0 Å². The lowest BCUT2D eigenvalue weighted by atomic mass is 10.1. The number of benzene rings is 2. The molecule has 28 heavy (non-hydrogen) atoms. The van der Waals surface area contributed by atoms with E-state index in [9.17, 15) is 9.59 Å². The first-order chi connectivity index (χ1) is 13.4. The van der Waals surface area contributed by atoms with Gasteiger partial charge in [-0.15, -0.1) is 0 Å². The molecule has 0 spiro atoms. The second-order valence-corrected chi connectivity index (χ2v) is 6.38. The Morgan fingerprint density at radius 2 is 1.54 bits per heavy atom. The maximum absolute atomic E-state index is 12.1. The molecule has 6 nitrogen and oxygen atoms in total. The fourth-order valence-corrected chi connectivity index (χ4v) is 2.57. The topological polar surface area (TPSA) is 71.0 Å². The summed E-state index contributed by atoms with van der Waals surface area (Å²) in [6, 6.07) is 14.5. The number of carbonyl (C=O) groups excluding carboxylic acids is 2. The van der Waals surface area contributed by atoms with Crippen LogP contribution in [0.4, 0.5) is 0 Å². The molecule has 6 heteroatoms. The van der Waals surface area contributed by atoms with Crippen LogP contribution in [-0.2, 0) is 4.79 Å². The molecule has 2 aromatic rings. The van der Waals surface area contributed by atoms with Crippen LogP contribution in [0.25, 0.3) is 0 Å². The first-order valence-electron chi connectivity index (χ1n) is 9.36. The highest BCUT2D eigenvalue weighted by molar-refractivity contribution is 6.00. The summed E-state index contributed by atoms with van der Waals surface area (Å²) in [5, 5.41) is 4.16. The number of likely N-dealkylation sites (N-methyl/N-ethyl adjacent to an activating group) is 1. The van der Waals surface area contributed by atoms with Crippen molar-refractivity contribution in [3.63, 3.8) is 0 Å². The Hall–Kier alpha value is -3.15. The van der Waals surface area contributed by atoms with E-state index in [1.165, 1.54) is 0 Å². The first kappa shape index (κ1) is 21.2. The van der Waals surface area contributed by atoms with Crippen LogP contribution in [-0.4, -0.2) is 42.1 Å². The van der Waals surface area contributed by atoms with Crippen LogP contribution < -0.4 is 10.2 Å². The van der Waals surface area contributed by atoms with Crippen LogP contribution >= 0.6 is 0 Å². The molecule has 148 valence electrons. The predicted molar refractivity (Wildman–Crippen MR) is 111 cm³/mol. The summed E-state index contributed by atoms with van der Waals surface area (Å²) < 4.78 is 5.55. The minimum Gasteiger partial charge on any atom is -0.484 e. The average Bonchev–Trinajstić information content (AvgIpc) is 2.72. The summed E-state index contributed by atoms with van der Waals surface area (Å²) in [5.41, 5.74) is 5.74. The molecule has 0 aromatic heterocycles. The van der Waals surface area contributed by atoms with Gasteiger partial charge in [0.25, 0.3) is 11.8 Å². The SMILES string of the molecule is CCN(CC)C(=O)COc1ccc(/C(C)=N\NC(=O)c2ccc(C)cc2)cc1. The van der Waals surface area contributed by atoms with Crippen LogP contribution in [0.1, 0.15) is 42.3 Å². The van der Waals surface area contributed by atoms with Gasteiger partial charge in [0.1, 0.15) is 5.75 Å². The molecule has 2 amide bonds. The summed E-state index contributed by atoms with van der Waals surface area (Å²) in [5.74, 6) is 0.320. The standard InChI is InChI=1S/C22H27N3O3/c1-5-25(6-2)21(26)15-28-20-13-11-18(12-14-20)17(4)23-24-22(27)19-9-7-16(3)8-10-19/h7-14H,5-6,15H2,1-4H3,(H,24,27)/b23-17-. The van der Waals surface area contributed by atoms with Crippen LogP contribution in [0.3, 0.4) is 0 Å². The monoisotopic (exact) mass is 381 g/mol. The Labute approximate surface area is 166 Å². The number of hydrogen-bond donors (Lipinski definition) is 1. The third-order valence-corrected chi connectivity index (χ3v) is 4.39. The Morgan fingerprint density at radius 1 is 0.964 bits per heavy atom. The first-order valence-corrected chi connectivity index (χ1v) is 9.36. The van der Waals surface area contributed by atoms with Crippen LogP contribution in [0.5, 0.6) is 5.75 Å². The number of hydrazone groups is 1. The molecular formula is C22H27N3O3. The van der Waals surface area contributed by atoms with E-state index in [0.29, 0.717) is 30.1 Å². The number of aryl methyl sites for hydroxylation is 1. The molecule has 0 radical (unpaired) electrons. The normalized spacial score (nSPS) is 11.1. The van der Waals surface area contributed by atoms with Gasteiger partial charge in [0.15, 0.2) is 6.61 Å². The molecule has 0 aliphatic carbocycles. The third-order valence-electron chi connectivity index (χ3n) is 4.39. The molecule has 0 bridgehead atoms. The highest BCUT2D eigenvalue weighted by atomic mass is 16.5. The maximum Gasteiger partial charge on any atom is 0.271 e. The zero-order valence-corrected chi connectivity index (χ0v) is 16.9. The van der Waals surface area contributed by atoms with E-state index in [-0.39, 0.29) is 18.4 Å². The van der Waals surface area contributed by atoms with Gasteiger partial charge < -0.3 is 9.64 Å². The van der Waals surface area contributed by atoms with Gasteiger partial charge in [0, 0.05) is 18.7 Å². The van der Waals surface area contributed by atoms with Crippen molar-refractivity contribution in [3.05, 3.63) is 65.2 Å². The highest BCUT2D eigenvalue weighted by Gasteiger charge is 2.10. The molecular weight excluding hydrogens is 354 g/mol. The Kier molecular flexibility index (Phi) is 7.75. The van der Waals surface area contributed by atoms with Crippen molar-refractivity contribution in [2.45, 2.75) is 27.7 Å². The number of rotatable bonds is 8. The van der Waals surface area contributed by atoms with Crippen LogP contribution in [0.15, 0.2) is 53.6 Å². The second-order valence-electron chi connectivity index (χ2n) is 6.38. The molecule has 0 saturated heterocycles. The number of nitrogens with one attached hydrogen (secondary N) is 1. The summed E-state index contributed by atoms with van der Waals surface area (Å²) in [4.78, 5) is 25.8. The van der Waals surface area contributed by atoms with Crippen LogP contribution in [0, 0.1) is 6.92 Å². The fraction of sp³-hybridized carbons (Fsp3) is 0.318. The molecule has 0 aliphatic heterocycles. The van der Waals surface area contributed by atoms with Crippen molar-refractivity contribution in [2.24, 2.45) is 5.10 Å². The van der Waals surface area contributed by atoms with E-state index < -0.39 is 0 Å². The summed E-state index contributed by atoms with van der Waals surface area (Å²) >= 11 is 0. The van der Waals surface area contributed by atoms with E-state index in [2.05, 4.69) is 10.5 Å². The predicted octanol–water partition coefficient (Wildman–Crippen LogP) is 3.40. The molecule has 0 fully saturated rings. The lowest BCUT2D eigenvalue weighted by Gasteiger charge is -2.18. The average molecular weight is 381 g/mol. The Morgan fingerprint density at radius 3 is 2.11 bits per heavy atom. The van der Waals surface area contributed by atoms with E-state index >= 15 is 0 Å². The number of hydrogen-bond acceptors (Lipinski definition) is 4. The molecule has 2 rings (SSSR count). The van der Waals surface area contributed by atoms with Gasteiger partial charge in [-0.05, 0) is 69.7 Å². The Balaban J connectivity index is 1.92. The molecule has 1 N–H and O–H groups in total. The Bertz CT molecular complexity index is 823. The zero-order valence-electron chi connectivity index (χ0n) is 16.9. The quantitative estimate of drug-likeness (QED) is 0.563. The van der Waals surface area contributed by atoms with Gasteiger partial charge in [-0.3, -0.25) is 9.59 Å². The lowest BCUT2D eigenvalue weighted by Crippen LogP contribution is -2.34. The van der Waals surface area contributed by atoms with Crippen molar-refractivity contribution in [1.29, 1.82) is 0 Å². The maximum atomic E-state index is 12.1. The lowest BCUT2D eigenvalue weighted by molar-refractivity contribution is -0.132. The molecule has 0 saturated carbocycles. The number of nitrogens with zero attached hydrogens (tertiary/aromatic N) is 2. The largest absolute Gasteiger partial charge is 0.484 e. The van der Waals surface area contributed by atoms with Crippen molar-refractivity contribution >= 4 is 17.5 Å².